The molecule has 5 nitrogen and oxygen atoms in total. The van der Waals surface area contributed by atoms with Gasteiger partial charge in [0.15, 0.2) is 0 Å². The standard InChI is InChI=1S/C42H27NO4/c1-46-28-18-14-25(15-19-28)37-32-22-34-35(42(45)43(41(34)44)27-10-4-3-5-11-27)23-33(32)38(26-16-20-29(47-2)21-17-26)40-31-13-7-9-24-8-6-12-30(36(24)31)39(37)40/h3-23H,1-2H3. The van der Waals surface area contributed by atoms with Gasteiger partial charge in [-0.1, -0.05) is 78.9 Å². The van der Waals surface area contributed by atoms with Crippen LogP contribution in [0.3, 0.4) is 0 Å². The van der Waals surface area contributed by atoms with E-state index in [4.69, 9.17) is 9.47 Å². The number of hydrogen-bond acceptors (Lipinski definition) is 4. The average Bonchev–Trinajstić information content (AvgIpc) is 3.58. The Morgan fingerprint density at radius 2 is 0.936 bits per heavy atom. The summed E-state index contributed by atoms with van der Waals surface area (Å²) in [6.45, 7) is 0. The minimum atomic E-state index is -0.323. The van der Waals surface area contributed by atoms with E-state index < -0.39 is 0 Å². The van der Waals surface area contributed by atoms with Crippen molar-refractivity contribution in [2.45, 2.75) is 0 Å². The Kier molecular flexibility index (Phi) is 5.87. The van der Waals surface area contributed by atoms with E-state index in [2.05, 4.69) is 60.7 Å². The number of carbonyl (C=O) groups is 2. The number of methoxy groups -OCH3 is 2. The van der Waals surface area contributed by atoms with Crippen molar-refractivity contribution in [2.24, 2.45) is 0 Å². The van der Waals surface area contributed by atoms with E-state index in [1.54, 1.807) is 26.4 Å². The van der Waals surface area contributed by atoms with Gasteiger partial charge >= 0.3 is 0 Å². The Hall–Kier alpha value is -6.20. The summed E-state index contributed by atoms with van der Waals surface area (Å²) in [6, 6.07) is 42.0. The summed E-state index contributed by atoms with van der Waals surface area (Å²) in [5.41, 5.74) is 9.87. The molecule has 2 amide bonds. The predicted molar refractivity (Wildman–Crippen MR) is 187 cm³/mol. The zero-order chi connectivity index (χ0) is 31.8. The maximum atomic E-state index is 14.0. The van der Waals surface area contributed by atoms with Crippen LogP contribution in [0.2, 0.25) is 0 Å². The molecule has 0 saturated carbocycles. The Bertz CT molecular complexity index is 2300. The molecule has 0 radical (unpaired) electrons. The van der Waals surface area contributed by atoms with Crippen molar-refractivity contribution in [1.82, 2.24) is 0 Å². The van der Waals surface area contributed by atoms with Crippen LogP contribution in [-0.4, -0.2) is 26.0 Å². The number of fused-ring (bicyclic) bond motifs is 5. The van der Waals surface area contributed by atoms with Gasteiger partial charge in [0.25, 0.3) is 11.8 Å². The van der Waals surface area contributed by atoms with Crippen molar-refractivity contribution in [3.63, 3.8) is 0 Å². The van der Waals surface area contributed by atoms with Crippen LogP contribution in [0, 0.1) is 0 Å². The molecule has 0 aromatic heterocycles. The Morgan fingerprint density at radius 3 is 1.38 bits per heavy atom. The van der Waals surface area contributed by atoms with E-state index in [0.29, 0.717) is 16.8 Å². The molecule has 0 unspecified atom stereocenters. The molecular weight excluding hydrogens is 582 g/mol. The first kappa shape index (κ1) is 27.1. The Balaban J connectivity index is 1.45. The fourth-order valence-corrected chi connectivity index (χ4v) is 7.44. The largest absolute Gasteiger partial charge is 0.497 e. The van der Waals surface area contributed by atoms with Crippen molar-refractivity contribution < 1.29 is 19.1 Å². The summed E-state index contributed by atoms with van der Waals surface area (Å²) in [6.07, 6.45) is 0. The molecule has 0 fully saturated rings. The Labute approximate surface area is 271 Å². The minimum absolute atomic E-state index is 0.323. The number of hydrogen-bond donors (Lipinski definition) is 0. The van der Waals surface area contributed by atoms with Gasteiger partial charge < -0.3 is 9.47 Å². The minimum Gasteiger partial charge on any atom is -0.497 e. The molecule has 0 saturated heterocycles. The van der Waals surface area contributed by atoms with Crippen LogP contribution in [-0.2, 0) is 0 Å². The third-order valence-corrected chi connectivity index (χ3v) is 9.53. The van der Waals surface area contributed by atoms with Gasteiger partial charge in [0.1, 0.15) is 11.5 Å². The van der Waals surface area contributed by atoms with E-state index >= 15 is 0 Å². The number of carbonyl (C=O) groups excluding carboxylic acids is 2. The van der Waals surface area contributed by atoms with Crippen molar-refractivity contribution in [3.05, 3.63) is 139 Å². The molecule has 9 rings (SSSR count). The lowest BCUT2D eigenvalue weighted by molar-refractivity contribution is 0.0926. The highest BCUT2D eigenvalue weighted by atomic mass is 16.5. The van der Waals surface area contributed by atoms with Gasteiger partial charge in [-0.3, -0.25) is 9.59 Å². The number of rotatable bonds is 5. The lowest BCUT2D eigenvalue weighted by atomic mass is 9.81. The third-order valence-electron chi connectivity index (χ3n) is 9.53. The normalized spacial score (nSPS) is 12.9. The molecule has 0 atom stereocenters. The lowest BCUT2D eigenvalue weighted by Crippen LogP contribution is -2.29. The summed E-state index contributed by atoms with van der Waals surface area (Å²) < 4.78 is 11.0. The molecule has 5 heteroatoms. The second kappa shape index (κ2) is 10.2. The van der Waals surface area contributed by atoms with E-state index in [0.717, 1.165) is 72.2 Å². The number of para-hydroxylation sites is 1. The fourth-order valence-electron chi connectivity index (χ4n) is 7.44. The first-order valence-electron chi connectivity index (χ1n) is 15.5. The first-order chi connectivity index (χ1) is 23.1. The van der Waals surface area contributed by atoms with E-state index in [9.17, 15) is 9.59 Å². The van der Waals surface area contributed by atoms with Gasteiger partial charge in [0.2, 0.25) is 0 Å². The second-order valence-corrected chi connectivity index (χ2v) is 11.9. The van der Waals surface area contributed by atoms with E-state index in [1.165, 1.54) is 10.3 Å². The topological polar surface area (TPSA) is 55.8 Å². The van der Waals surface area contributed by atoms with Crippen molar-refractivity contribution in [2.75, 3.05) is 19.1 Å². The molecule has 7 aromatic rings. The monoisotopic (exact) mass is 609 g/mol. The second-order valence-electron chi connectivity index (χ2n) is 11.9. The lowest BCUT2D eigenvalue weighted by Gasteiger charge is -2.21. The first-order valence-corrected chi connectivity index (χ1v) is 15.5. The van der Waals surface area contributed by atoms with E-state index in [1.807, 2.05) is 54.6 Å². The highest BCUT2D eigenvalue weighted by Gasteiger charge is 2.39. The number of anilines is 1. The van der Waals surface area contributed by atoms with Gasteiger partial charge in [-0.25, -0.2) is 4.90 Å². The summed E-state index contributed by atoms with van der Waals surface area (Å²) in [7, 11) is 3.32. The molecule has 7 aromatic carbocycles. The molecule has 1 aliphatic heterocycles. The Morgan fingerprint density at radius 1 is 0.468 bits per heavy atom. The zero-order valence-electron chi connectivity index (χ0n) is 25.7. The highest BCUT2D eigenvalue weighted by Crippen LogP contribution is 2.58. The molecule has 2 aliphatic rings. The molecule has 47 heavy (non-hydrogen) atoms. The van der Waals surface area contributed by atoms with E-state index in [-0.39, 0.29) is 11.8 Å². The van der Waals surface area contributed by atoms with Gasteiger partial charge in [0, 0.05) is 0 Å². The number of ether oxygens (including phenoxy) is 2. The fraction of sp³-hybridized carbons (Fsp3) is 0.0476. The average molecular weight is 610 g/mol. The summed E-state index contributed by atoms with van der Waals surface area (Å²) in [4.78, 5) is 29.4. The van der Waals surface area contributed by atoms with Crippen LogP contribution >= 0.6 is 0 Å². The summed E-state index contributed by atoms with van der Waals surface area (Å²) >= 11 is 0. The van der Waals surface area contributed by atoms with Crippen LogP contribution in [0.5, 0.6) is 11.5 Å². The van der Waals surface area contributed by atoms with Gasteiger partial charge in [0.05, 0.1) is 31.0 Å². The van der Waals surface area contributed by atoms with Crippen LogP contribution in [0.1, 0.15) is 20.7 Å². The van der Waals surface area contributed by atoms with Gasteiger partial charge in [-0.15, -0.1) is 0 Å². The third kappa shape index (κ3) is 3.83. The zero-order valence-corrected chi connectivity index (χ0v) is 25.7. The maximum absolute atomic E-state index is 14.0. The number of benzene rings is 7. The highest BCUT2D eigenvalue weighted by molar-refractivity contribution is 6.37. The predicted octanol–water partition coefficient (Wildman–Crippen LogP) is 9.79. The van der Waals surface area contributed by atoms with Crippen molar-refractivity contribution in [1.29, 1.82) is 0 Å². The van der Waals surface area contributed by atoms with Crippen LogP contribution in [0.25, 0.3) is 66.1 Å². The quantitative estimate of drug-likeness (QED) is 0.182. The van der Waals surface area contributed by atoms with Crippen LogP contribution in [0.15, 0.2) is 127 Å². The van der Waals surface area contributed by atoms with Gasteiger partial charge in [-0.05, 0) is 115 Å². The van der Waals surface area contributed by atoms with Crippen LogP contribution in [0.4, 0.5) is 5.69 Å². The molecule has 224 valence electrons. The molecule has 0 spiro atoms. The van der Waals surface area contributed by atoms with Gasteiger partial charge in [-0.2, -0.15) is 0 Å². The molecule has 1 aliphatic carbocycles. The van der Waals surface area contributed by atoms with Crippen molar-refractivity contribution >= 4 is 39.0 Å². The molecule has 0 bridgehead atoms. The summed E-state index contributed by atoms with van der Waals surface area (Å²) in [5, 5.41) is 4.16. The summed E-state index contributed by atoms with van der Waals surface area (Å²) in [5.74, 6) is 0.872. The smallest absolute Gasteiger partial charge is 0.266 e. The van der Waals surface area contributed by atoms with Crippen molar-refractivity contribution in [3.8, 4) is 56.0 Å². The number of imide groups is 1. The molecule has 0 N–H and O–H groups in total. The number of nitrogens with zero attached hydrogens (tertiary/aromatic N) is 1. The maximum Gasteiger partial charge on any atom is 0.266 e. The molecule has 1 heterocycles. The molecular formula is C42H27NO4. The van der Waals surface area contributed by atoms with Crippen LogP contribution < -0.4 is 14.4 Å². The SMILES string of the molecule is COc1ccc(-c2c3c(c(-c4ccc(OC)cc4)c4cc5c(cc24)C(=O)N(c2ccccc2)C5=O)-c2cccc4cccc-3c24)cc1. The number of amides is 2.